The maximum atomic E-state index is 13.1. The highest BCUT2D eigenvalue weighted by Gasteiger charge is 2.28. The lowest BCUT2D eigenvalue weighted by atomic mass is 10.1. The molecule has 0 aliphatic rings. The maximum absolute atomic E-state index is 13.1. The molecular formula is C22H20ClFN4O7S. The summed E-state index contributed by atoms with van der Waals surface area (Å²) in [6.07, 6.45) is -1.54. The summed E-state index contributed by atoms with van der Waals surface area (Å²) in [5, 5.41) is -0.169. The van der Waals surface area contributed by atoms with Crippen LogP contribution in [-0.4, -0.2) is 35.4 Å². The van der Waals surface area contributed by atoms with E-state index in [4.69, 9.17) is 22.1 Å². The molecule has 2 aromatic carbocycles. The number of carbonyl (C=O) groups excluding carboxylic acids is 2. The van der Waals surface area contributed by atoms with E-state index in [-0.39, 0.29) is 21.2 Å². The van der Waals surface area contributed by atoms with Gasteiger partial charge in [-0.25, -0.2) is 22.4 Å². The van der Waals surface area contributed by atoms with Gasteiger partial charge < -0.3 is 10.5 Å². The number of carbonyl (C=O) groups is 2. The molecule has 0 bridgehead atoms. The summed E-state index contributed by atoms with van der Waals surface area (Å²) in [5.41, 5.74) is 3.20. The average molecular weight is 539 g/mol. The van der Waals surface area contributed by atoms with E-state index in [9.17, 15) is 32.0 Å². The zero-order chi connectivity index (χ0) is 26.9. The summed E-state index contributed by atoms with van der Waals surface area (Å²) in [6.45, 7) is 1.18. The SMILES string of the molecule is C[C@@H](OC(=O)c1cc(S(=O)(=O)Nc2ccc(F)cc2)ccc1Cl)C(=O)c1c(N)n(C)c(=O)n(C)c1=O. The monoisotopic (exact) mass is 538 g/mol. The summed E-state index contributed by atoms with van der Waals surface area (Å²) in [5.74, 6) is -3.10. The minimum absolute atomic E-state index is 0.0751. The van der Waals surface area contributed by atoms with Crippen LogP contribution in [0.5, 0.6) is 0 Å². The number of anilines is 2. The molecule has 0 radical (unpaired) electrons. The number of hydrogen-bond donors (Lipinski definition) is 2. The number of aromatic nitrogens is 2. The minimum atomic E-state index is -4.21. The molecule has 190 valence electrons. The third-order valence-electron chi connectivity index (χ3n) is 5.17. The largest absolute Gasteiger partial charge is 0.451 e. The highest BCUT2D eigenvalue weighted by atomic mass is 35.5. The second-order valence-electron chi connectivity index (χ2n) is 7.63. The molecule has 11 nitrogen and oxygen atoms in total. The van der Waals surface area contributed by atoms with Gasteiger partial charge in [0.2, 0.25) is 5.78 Å². The molecule has 1 heterocycles. The third kappa shape index (κ3) is 5.16. The number of esters is 1. The molecule has 0 aliphatic carbocycles. The van der Waals surface area contributed by atoms with Crippen molar-refractivity contribution in [2.45, 2.75) is 17.9 Å². The lowest BCUT2D eigenvalue weighted by Gasteiger charge is -2.16. The first kappa shape index (κ1) is 26.6. The van der Waals surface area contributed by atoms with Crippen molar-refractivity contribution < 1.29 is 27.1 Å². The van der Waals surface area contributed by atoms with Crippen molar-refractivity contribution in [3.63, 3.8) is 0 Å². The number of nitrogens with one attached hydrogen (secondary N) is 1. The van der Waals surface area contributed by atoms with Crippen molar-refractivity contribution in [1.82, 2.24) is 9.13 Å². The fourth-order valence-corrected chi connectivity index (χ4v) is 4.41. The van der Waals surface area contributed by atoms with Crippen LogP contribution in [0.1, 0.15) is 27.6 Å². The summed E-state index contributed by atoms with van der Waals surface area (Å²) in [6, 6.07) is 7.75. The number of benzene rings is 2. The van der Waals surface area contributed by atoms with Crippen LogP contribution in [0.3, 0.4) is 0 Å². The molecule has 3 N–H and O–H groups in total. The summed E-state index contributed by atoms with van der Waals surface area (Å²) in [7, 11) is -1.79. The number of nitrogens with zero attached hydrogens (tertiary/aromatic N) is 2. The number of nitrogens with two attached hydrogens (primary N) is 1. The van der Waals surface area contributed by atoms with E-state index in [0.29, 0.717) is 4.57 Å². The van der Waals surface area contributed by atoms with Crippen molar-refractivity contribution in [2.75, 3.05) is 10.5 Å². The number of sulfonamides is 1. The summed E-state index contributed by atoms with van der Waals surface area (Å²) < 4.78 is 47.5. The number of hydrogen-bond acceptors (Lipinski definition) is 8. The molecule has 36 heavy (non-hydrogen) atoms. The molecule has 0 aliphatic heterocycles. The van der Waals surface area contributed by atoms with Gasteiger partial charge in [0.1, 0.15) is 17.2 Å². The number of ketones is 1. The van der Waals surface area contributed by atoms with E-state index in [1.165, 1.54) is 26.1 Å². The Balaban J connectivity index is 1.88. The van der Waals surface area contributed by atoms with Crippen molar-refractivity contribution in [1.29, 1.82) is 0 Å². The van der Waals surface area contributed by atoms with E-state index < -0.39 is 56.3 Å². The Morgan fingerprint density at radius 1 is 1.08 bits per heavy atom. The van der Waals surface area contributed by atoms with Gasteiger partial charge in [-0.1, -0.05) is 11.6 Å². The molecule has 0 saturated carbocycles. The van der Waals surface area contributed by atoms with Crippen LogP contribution in [0.25, 0.3) is 0 Å². The van der Waals surface area contributed by atoms with E-state index in [1.54, 1.807) is 0 Å². The maximum Gasteiger partial charge on any atom is 0.340 e. The van der Waals surface area contributed by atoms with Gasteiger partial charge in [0.15, 0.2) is 6.10 Å². The van der Waals surface area contributed by atoms with Crippen LogP contribution < -0.4 is 21.7 Å². The van der Waals surface area contributed by atoms with Crippen LogP contribution in [-0.2, 0) is 28.9 Å². The van der Waals surface area contributed by atoms with E-state index >= 15 is 0 Å². The first-order valence-corrected chi connectivity index (χ1v) is 12.0. The molecule has 1 aromatic heterocycles. The molecule has 0 saturated heterocycles. The smallest absolute Gasteiger partial charge is 0.340 e. The predicted octanol–water partition coefficient (Wildman–Crippen LogP) is 1.69. The molecule has 0 spiro atoms. The topological polar surface area (TPSA) is 160 Å². The summed E-state index contributed by atoms with van der Waals surface area (Å²) >= 11 is 6.05. The number of Topliss-reactive ketones (excluding diaryl/α,β-unsaturated/α-hetero) is 1. The second-order valence-corrected chi connectivity index (χ2v) is 9.72. The van der Waals surface area contributed by atoms with Crippen LogP contribution in [0, 0.1) is 5.82 Å². The van der Waals surface area contributed by atoms with Crippen LogP contribution in [0.2, 0.25) is 5.02 Å². The lowest BCUT2D eigenvalue weighted by Crippen LogP contribution is -2.43. The fraction of sp³-hybridized carbons (Fsp3) is 0.182. The van der Waals surface area contributed by atoms with Crippen molar-refractivity contribution >= 4 is 44.9 Å². The number of rotatable bonds is 7. The highest BCUT2D eigenvalue weighted by molar-refractivity contribution is 7.92. The highest BCUT2D eigenvalue weighted by Crippen LogP contribution is 2.24. The molecule has 1 atom stereocenters. The second kappa shape index (κ2) is 9.95. The third-order valence-corrected chi connectivity index (χ3v) is 6.88. The van der Waals surface area contributed by atoms with Gasteiger partial charge in [0, 0.05) is 19.8 Å². The summed E-state index contributed by atoms with van der Waals surface area (Å²) in [4.78, 5) is 49.6. The minimum Gasteiger partial charge on any atom is -0.451 e. The molecule has 0 unspecified atom stereocenters. The Hall–Kier alpha value is -3.97. The Labute approximate surface area is 208 Å². The number of nitrogen functional groups attached to an aromatic ring is 1. The van der Waals surface area contributed by atoms with Gasteiger partial charge in [-0.05, 0) is 49.4 Å². The Morgan fingerprint density at radius 2 is 1.69 bits per heavy atom. The van der Waals surface area contributed by atoms with Crippen molar-refractivity contribution in [2.24, 2.45) is 14.1 Å². The first-order valence-electron chi connectivity index (χ1n) is 10.1. The predicted molar refractivity (Wildman–Crippen MR) is 129 cm³/mol. The zero-order valence-corrected chi connectivity index (χ0v) is 20.7. The van der Waals surface area contributed by atoms with E-state index in [2.05, 4.69) is 4.72 Å². The van der Waals surface area contributed by atoms with Crippen LogP contribution >= 0.6 is 11.6 Å². The van der Waals surface area contributed by atoms with Gasteiger partial charge in [-0.15, -0.1) is 0 Å². The van der Waals surface area contributed by atoms with Gasteiger partial charge in [-0.2, -0.15) is 0 Å². The van der Waals surface area contributed by atoms with Gasteiger partial charge in [0.05, 0.1) is 15.5 Å². The Bertz CT molecular complexity index is 1600. The van der Waals surface area contributed by atoms with Crippen LogP contribution in [0.4, 0.5) is 15.9 Å². The Morgan fingerprint density at radius 3 is 2.31 bits per heavy atom. The van der Waals surface area contributed by atoms with Crippen molar-refractivity contribution in [3.8, 4) is 0 Å². The number of halogens is 2. The standard InChI is InChI=1S/C22H20ClFN4O7S/c1-11(18(29)17-19(25)27(2)22(32)28(3)20(17)30)35-21(31)15-10-14(8-9-16(15)23)36(33,34)26-13-6-4-12(24)5-7-13/h4-11,26H,25H2,1-3H3/t11-/m1/s1. The van der Waals surface area contributed by atoms with E-state index in [0.717, 1.165) is 41.9 Å². The normalized spacial score (nSPS) is 12.1. The van der Waals surface area contributed by atoms with E-state index in [1.807, 2.05) is 0 Å². The Kier molecular flexibility index (Phi) is 7.36. The fourth-order valence-electron chi connectivity index (χ4n) is 3.13. The molecule has 0 fully saturated rings. The molecule has 14 heteroatoms. The first-order chi connectivity index (χ1) is 16.7. The molecule has 3 aromatic rings. The zero-order valence-electron chi connectivity index (χ0n) is 19.1. The average Bonchev–Trinajstić information content (AvgIpc) is 2.82. The number of ether oxygens (including phenoxy) is 1. The molecular weight excluding hydrogens is 519 g/mol. The van der Waals surface area contributed by atoms with Crippen LogP contribution in [0.15, 0.2) is 56.9 Å². The quantitative estimate of drug-likeness (QED) is 0.339. The molecule has 3 rings (SSSR count). The van der Waals surface area contributed by atoms with Gasteiger partial charge in [0.25, 0.3) is 15.6 Å². The van der Waals surface area contributed by atoms with Crippen molar-refractivity contribution in [3.05, 3.63) is 85.3 Å². The van der Waals surface area contributed by atoms with Gasteiger partial charge in [-0.3, -0.25) is 23.4 Å². The molecule has 0 amide bonds. The lowest BCUT2D eigenvalue weighted by molar-refractivity contribution is 0.0318. The van der Waals surface area contributed by atoms with Gasteiger partial charge >= 0.3 is 11.7 Å².